The lowest BCUT2D eigenvalue weighted by atomic mass is 10.1. The van der Waals surface area contributed by atoms with E-state index in [0.717, 1.165) is 30.6 Å². The molecule has 1 aliphatic rings. The number of fused-ring (bicyclic) bond motifs is 1. The Kier molecular flexibility index (Phi) is 5.55. The molecule has 4 aromatic rings. The Bertz CT molecular complexity index is 1230. The van der Waals surface area contributed by atoms with Gasteiger partial charge in [-0.25, -0.2) is 9.67 Å². The second-order valence-electron chi connectivity index (χ2n) is 6.92. The molecule has 0 spiro atoms. The summed E-state index contributed by atoms with van der Waals surface area (Å²) in [5, 5.41) is 15.8. The van der Waals surface area contributed by atoms with E-state index in [-0.39, 0.29) is 11.7 Å². The van der Waals surface area contributed by atoms with Crippen molar-refractivity contribution in [3.8, 4) is 11.1 Å². The average Bonchev–Trinajstić information content (AvgIpc) is 3.49. The van der Waals surface area contributed by atoms with Gasteiger partial charge >= 0.3 is 0 Å². The first-order chi connectivity index (χ1) is 14.7. The number of ether oxygens (including phenoxy) is 1. The van der Waals surface area contributed by atoms with Crippen LogP contribution in [0.2, 0.25) is 5.02 Å². The summed E-state index contributed by atoms with van der Waals surface area (Å²) in [6.07, 6.45) is 2.24. The molecule has 0 amide bonds. The van der Waals surface area contributed by atoms with Crippen LogP contribution in [0.15, 0.2) is 39.6 Å². The Morgan fingerprint density at radius 2 is 2.20 bits per heavy atom. The second-order valence-corrected chi connectivity index (χ2v) is 9.15. The highest BCUT2D eigenvalue weighted by Gasteiger charge is 2.19. The number of nitrogens with one attached hydrogen (secondary N) is 1. The topological polar surface area (TPSA) is 98.6 Å². The van der Waals surface area contributed by atoms with Crippen LogP contribution in [-0.4, -0.2) is 42.9 Å². The summed E-state index contributed by atoms with van der Waals surface area (Å²) in [4.78, 5) is 21.0. The van der Waals surface area contributed by atoms with E-state index in [4.69, 9.17) is 16.3 Å². The van der Waals surface area contributed by atoms with E-state index in [0.29, 0.717) is 38.5 Å². The van der Waals surface area contributed by atoms with Gasteiger partial charge in [-0.3, -0.25) is 4.79 Å². The smallest absolute Gasteiger partial charge is 0.260 e. The molecular formula is C19H17ClN6O2S2. The first kappa shape index (κ1) is 19.7. The summed E-state index contributed by atoms with van der Waals surface area (Å²) < 4.78 is 7.41. The molecule has 1 fully saturated rings. The maximum atomic E-state index is 12.8. The van der Waals surface area contributed by atoms with Crippen molar-refractivity contribution in [1.29, 1.82) is 0 Å². The first-order valence-corrected chi connectivity index (χ1v) is 11.7. The molecule has 11 heteroatoms. The molecule has 3 aromatic heterocycles. The highest BCUT2D eigenvalue weighted by Crippen LogP contribution is 2.31. The van der Waals surface area contributed by atoms with Crippen molar-refractivity contribution in [2.45, 2.75) is 36.4 Å². The van der Waals surface area contributed by atoms with Gasteiger partial charge in [0.1, 0.15) is 10.7 Å². The molecular weight excluding hydrogens is 444 g/mol. The molecule has 30 heavy (non-hydrogen) atoms. The zero-order chi connectivity index (χ0) is 20.5. The predicted octanol–water partition coefficient (Wildman–Crippen LogP) is 3.76. The van der Waals surface area contributed by atoms with Gasteiger partial charge in [-0.2, -0.15) is 0 Å². The van der Waals surface area contributed by atoms with Gasteiger partial charge in [0.15, 0.2) is 0 Å². The quantitative estimate of drug-likeness (QED) is 0.437. The largest absolute Gasteiger partial charge is 0.376 e. The Labute approximate surface area is 184 Å². The number of aromatic amines is 1. The third kappa shape index (κ3) is 4.00. The molecule has 4 heterocycles. The fraction of sp³-hybridized carbons (Fsp3) is 0.316. The van der Waals surface area contributed by atoms with Crippen LogP contribution in [0.5, 0.6) is 0 Å². The first-order valence-electron chi connectivity index (χ1n) is 9.44. The Hall–Kier alpha value is -2.27. The number of benzene rings is 1. The van der Waals surface area contributed by atoms with Crippen LogP contribution in [-0.2, 0) is 17.0 Å². The van der Waals surface area contributed by atoms with E-state index in [1.807, 2.05) is 29.6 Å². The normalized spacial score (nSPS) is 16.5. The number of thiophene rings is 1. The zero-order valence-corrected chi connectivity index (χ0v) is 18.1. The van der Waals surface area contributed by atoms with Crippen molar-refractivity contribution < 1.29 is 4.74 Å². The maximum absolute atomic E-state index is 12.8. The van der Waals surface area contributed by atoms with Crippen LogP contribution >= 0.6 is 34.7 Å². The lowest BCUT2D eigenvalue weighted by Crippen LogP contribution is -2.17. The van der Waals surface area contributed by atoms with Gasteiger partial charge in [-0.05, 0) is 41.0 Å². The third-order valence-electron chi connectivity index (χ3n) is 4.89. The number of H-pyrrole nitrogens is 1. The number of nitrogens with zero attached hydrogens (tertiary/aromatic N) is 5. The van der Waals surface area contributed by atoms with Crippen molar-refractivity contribution in [3.05, 3.63) is 50.8 Å². The summed E-state index contributed by atoms with van der Waals surface area (Å²) in [7, 11) is 0. The van der Waals surface area contributed by atoms with Gasteiger partial charge in [-0.15, -0.1) is 16.4 Å². The van der Waals surface area contributed by atoms with Crippen LogP contribution in [0.4, 0.5) is 0 Å². The highest BCUT2D eigenvalue weighted by molar-refractivity contribution is 7.98. The summed E-state index contributed by atoms with van der Waals surface area (Å²) in [5.41, 5.74) is 1.65. The van der Waals surface area contributed by atoms with E-state index < -0.39 is 0 Å². The van der Waals surface area contributed by atoms with Gasteiger partial charge in [-0.1, -0.05) is 35.5 Å². The number of hydrogen-bond acceptors (Lipinski definition) is 8. The molecule has 1 aromatic carbocycles. The van der Waals surface area contributed by atoms with Crippen LogP contribution in [0.1, 0.15) is 18.7 Å². The van der Waals surface area contributed by atoms with Gasteiger partial charge in [0.05, 0.1) is 23.8 Å². The number of thioether (sulfide) groups is 1. The number of hydrogen-bond donors (Lipinski definition) is 1. The third-order valence-corrected chi connectivity index (χ3v) is 6.98. The van der Waals surface area contributed by atoms with Crippen LogP contribution in [0, 0.1) is 0 Å². The minimum atomic E-state index is -0.152. The molecule has 0 unspecified atom stereocenters. The molecule has 1 saturated heterocycles. The standard InChI is InChI=1S/C19H17ClN6O2S2/c20-12-5-3-11(4-6-12)14-9-29-18-16(14)17(27)21-15(22-18)10-30-19-23-24-25-26(19)8-13-2-1-7-28-13/h3-6,9,13H,1-2,7-8,10H2,(H,21,22,27)/t13-/m0/s1. The van der Waals surface area contributed by atoms with Crippen molar-refractivity contribution in [2.24, 2.45) is 0 Å². The summed E-state index contributed by atoms with van der Waals surface area (Å²) in [5.74, 6) is 1.05. The monoisotopic (exact) mass is 460 g/mol. The van der Waals surface area contributed by atoms with E-state index >= 15 is 0 Å². The lowest BCUT2D eigenvalue weighted by molar-refractivity contribution is 0.0912. The molecule has 0 bridgehead atoms. The molecule has 0 radical (unpaired) electrons. The van der Waals surface area contributed by atoms with Gasteiger partial charge < -0.3 is 9.72 Å². The number of rotatable bonds is 6. The molecule has 1 N–H and O–H groups in total. The highest BCUT2D eigenvalue weighted by atomic mass is 35.5. The number of aromatic nitrogens is 6. The summed E-state index contributed by atoms with van der Waals surface area (Å²) >= 11 is 8.87. The van der Waals surface area contributed by atoms with E-state index in [9.17, 15) is 4.79 Å². The van der Waals surface area contributed by atoms with Gasteiger partial charge in [0.2, 0.25) is 5.16 Å². The minimum Gasteiger partial charge on any atom is -0.376 e. The minimum absolute atomic E-state index is 0.152. The SMILES string of the molecule is O=c1[nH]c(CSc2nnnn2C[C@@H]2CCCO2)nc2scc(-c3ccc(Cl)cc3)c12. The van der Waals surface area contributed by atoms with Crippen LogP contribution in [0.25, 0.3) is 21.3 Å². The lowest BCUT2D eigenvalue weighted by Gasteiger charge is -2.09. The molecule has 0 saturated carbocycles. The van der Waals surface area contributed by atoms with E-state index in [1.165, 1.54) is 23.1 Å². The van der Waals surface area contributed by atoms with Crippen molar-refractivity contribution in [2.75, 3.05) is 6.61 Å². The fourth-order valence-corrected chi connectivity index (χ4v) is 5.28. The molecule has 1 aliphatic heterocycles. The molecule has 154 valence electrons. The van der Waals surface area contributed by atoms with Crippen LogP contribution < -0.4 is 5.56 Å². The average molecular weight is 461 g/mol. The zero-order valence-electron chi connectivity index (χ0n) is 15.7. The molecule has 5 rings (SSSR count). The molecule has 1 atom stereocenters. The van der Waals surface area contributed by atoms with Crippen molar-refractivity contribution in [1.82, 2.24) is 30.2 Å². The predicted molar refractivity (Wildman–Crippen MR) is 117 cm³/mol. The Morgan fingerprint density at radius 1 is 1.33 bits per heavy atom. The van der Waals surface area contributed by atoms with Crippen molar-refractivity contribution >= 4 is 44.9 Å². The van der Waals surface area contributed by atoms with Gasteiger partial charge in [0.25, 0.3) is 5.56 Å². The van der Waals surface area contributed by atoms with E-state index in [1.54, 1.807) is 4.68 Å². The Morgan fingerprint density at radius 3 is 3.00 bits per heavy atom. The Balaban J connectivity index is 1.36. The summed E-state index contributed by atoms with van der Waals surface area (Å²) in [6, 6.07) is 7.43. The number of tetrazole rings is 1. The molecule has 0 aliphatic carbocycles. The molecule has 8 nitrogen and oxygen atoms in total. The van der Waals surface area contributed by atoms with Crippen molar-refractivity contribution in [3.63, 3.8) is 0 Å². The van der Waals surface area contributed by atoms with Gasteiger partial charge in [0, 0.05) is 22.6 Å². The van der Waals surface area contributed by atoms with Crippen LogP contribution in [0.3, 0.4) is 0 Å². The van der Waals surface area contributed by atoms with E-state index in [2.05, 4.69) is 25.5 Å². The number of halogens is 1. The fourth-order valence-electron chi connectivity index (χ4n) is 3.43. The maximum Gasteiger partial charge on any atom is 0.260 e. The summed E-state index contributed by atoms with van der Waals surface area (Å²) in [6.45, 7) is 1.42. The second kappa shape index (κ2) is 8.46.